The molecule has 6 nitrogen and oxygen atoms in total. The summed E-state index contributed by atoms with van der Waals surface area (Å²) in [4.78, 5) is 23.1. The molecule has 3 N–H and O–H groups in total. The molecule has 0 aliphatic rings. The number of anilines is 1. The normalized spacial score (nSPS) is 10.6. The van der Waals surface area contributed by atoms with Crippen LogP contribution in [0.2, 0.25) is 0 Å². The first-order chi connectivity index (χ1) is 9.04. The first kappa shape index (κ1) is 12.9. The molecule has 100 valence electrons. The molecule has 0 atom stereocenters. The molecule has 1 aromatic carbocycles. The van der Waals surface area contributed by atoms with Crippen molar-refractivity contribution in [2.45, 2.75) is 20.0 Å². The van der Waals surface area contributed by atoms with Crippen molar-refractivity contribution in [3.8, 4) is 0 Å². The van der Waals surface area contributed by atoms with Crippen molar-refractivity contribution in [2.75, 3.05) is 5.73 Å². The van der Waals surface area contributed by atoms with E-state index in [0.29, 0.717) is 12.1 Å². The fourth-order valence-electron chi connectivity index (χ4n) is 2.01. The Hall–Kier alpha value is -2.50. The third-order valence-corrected chi connectivity index (χ3v) is 3.00. The highest BCUT2D eigenvalue weighted by Gasteiger charge is 2.14. The fourth-order valence-corrected chi connectivity index (χ4v) is 2.01. The molecule has 19 heavy (non-hydrogen) atoms. The third kappa shape index (κ3) is 2.37. The number of carboxylic acids is 1. The second-order valence-electron chi connectivity index (χ2n) is 4.18. The van der Waals surface area contributed by atoms with E-state index in [1.54, 1.807) is 29.1 Å². The lowest BCUT2D eigenvalue weighted by atomic mass is 10.1. The first-order valence-electron chi connectivity index (χ1n) is 5.90. The van der Waals surface area contributed by atoms with Gasteiger partial charge in [-0.05, 0) is 18.6 Å². The number of imidazole rings is 1. The maximum atomic E-state index is 11.9. The highest BCUT2D eigenvalue weighted by Crippen LogP contribution is 2.17. The Bertz CT molecular complexity index is 670. The van der Waals surface area contributed by atoms with Gasteiger partial charge in [-0.3, -0.25) is 9.13 Å². The number of carboxylic acid groups (broad SMARTS) is 1. The van der Waals surface area contributed by atoms with Crippen molar-refractivity contribution in [1.29, 1.82) is 0 Å². The van der Waals surface area contributed by atoms with Crippen LogP contribution in [0, 0.1) is 0 Å². The summed E-state index contributed by atoms with van der Waals surface area (Å²) in [6, 6.07) is 4.88. The van der Waals surface area contributed by atoms with Gasteiger partial charge in [0.05, 0.1) is 12.1 Å². The van der Waals surface area contributed by atoms with Crippen molar-refractivity contribution in [3.63, 3.8) is 0 Å². The number of hydrogen-bond acceptors (Lipinski definition) is 3. The number of hydrogen-bond donors (Lipinski definition) is 2. The van der Waals surface area contributed by atoms with Crippen LogP contribution in [-0.4, -0.2) is 20.2 Å². The Morgan fingerprint density at radius 1 is 1.32 bits per heavy atom. The minimum atomic E-state index is -1.09. The second kappa shape index (κ2) is 5.01. The number of carbonyl (C=O) groups is 1. The van der Waals surface area contributed by atoms with Crippen molar-refractivity contribution >= 4 is 11.7 Å². The lowest BCUT2D eigenvalue weighted by Gasteiger charge is -2.08. The zero-order chi connectivity index (χ0) is 14.0. The Kier molecular flexibility index (Phi) is 3.41. The van der Waals surface area contributed by atoms with E-state index in [9.17, 15) is 14.7 Å². The topological polar surface area (TPSA) is 90.2 Å². The summed E-state index contributed by atoms with van der Waals surface area (Å²) in [7, 11) is 0. The predicted octanol–water partition coefficient (Wildman–Crippen LogP) is 0.998. The van der Waals surface area contributed by atoms with Gasteiger partial charge in [0.2, 0.25) is 0 Å². The van der Waals surface area contributed by atoms with Crippen molar-refractivity contribution in [2.24, 2.45) is 0 Å². The summed E-state index contributed by atoms with van der Waals surface area (Å²) in [6.45, 7) is 2.64. The van der Waals surface area contributed by atoms with E-state index in [1.807, 2.05) is 6.92 Å². The summed E-state index contributed by atoms with van der Waals surface area (Å²) in [5, 5.41) is 9.17. The molecule has 0 radical (unpaired) electrons. The number of aromatic carboxylic acids is 1. The molecule has 0 aliphatic heterocycles. The molecule has 0 aliphatic carbocycles. The highest BCUT2D eigenvalue weighted by atomic mass is 16.4. The number of rotatable bonds is 4. The molecule has 0 saturated heterocycles. The van der Waals surface area contributed by atoms with Crippen LogP contribution in [-0.2, 0) is 13.1 Å². The number of benzene rings is 1. The van der Waals surface area contributed by atoms with Gasteiger partial charge in [-0.15, -0.1) is 0 Å². The smallest absolute Gasteiger partial charge is 0.338 e. The van der Waals surface area contributed by atoms with Gasteiger partial charge in [0.15, 0.2) is 0 Å². The van der Waals surface area contributed by atoms with Crippen LogP contribution >= 0.6 is 0 Å². The van der Waals surface area contributed by atoms with Gasteiger partial charge in [-0.1, -0.05) is 12.1 Å². The molecule has 0 spiro atoms. The quantitative estimate of drug-likeness (QED) is 0.803. The summed E-state index contributed by atoms with van der Waals surface area (Å²) < 4.78 is 3.01. The van der Waals surface area contributed by atoms with E-state index >= 15 is 0 Å². The number of aryl methyl sites for hydroxylation is 1. The van der Waals surface area contributed by atoms with E-state index in [1.165, 1.54) is 10.6 Å². The van der Waals surface area contributed by atoms with E-state index in [0.717, 1.165) is 0 Å². The summed E-state index contributed by atoms with van der Waals surface area (Å²) >= 11 is 0. The molecule has 1 heterocycles. The van der Waals surface area contributed by atoms with Gasteiger partial charge >= 0.3 is 11.7 Å². The molecule has 6 heteroatoms. The third-order valence-electron chi connectivity index (χ3n) is 3.00. The van der Waals surface area contributed by atoms with Gasteiger partial charge in [0, 0.05) is 24.6 Å². The Morgan fingerprint density at radius 3 is 2.58 bits per heavy atom. The van der Waals surface area contributed by atoms with Crippen molar-refractivity contribution in [3.05, 3.63) is 52.2 Å². The van der Waals surface area contributed by atoms with Gasteiger partial charge in [-0.2, -0.15) is 0 Å². The van der Waals surface area contributed by atoms with E-state index in [4.69, 9.17) is 5.73 Å². The van der Waals surface area contributed by atoms with Gasteiger partial charge < -0.3 is 10.8 Å². The van der Waals surface area contributed by atoms with Crippen LogP contribution < -0.4 is 11.4 Å². The zero-order valence-electron chi connectivity index (χ0n) is 10.5. The maximum absolute atomic E-state index is 11.9. The second-order valence-corrected chi connectivity index (χ2v) is 4.18. The lowest BCUT2D eigenvalue weighted by Crippen LogP contribution is -2.24. The number of nitrogens with zero attached hydrogens (tertiary/aromatic N) is 2. The van der Waals surface area contributed by atoms with Gasteiger partial charge in [0.25, 0.3) is 0 Å². The molecular formula is C13H15N3O3. The van der Waals surface area contributed by atoms with E-state index in [-0.39, 0.29) is 23.5 Å². The minimum Gasteiger partial charge on any atom is -0.478 e. The van der Waals surface area contributed by atoms with Crippen LogP contribution in [0.3, 0.4) is 0 Å². The van der Waals surface area contributed by atoms with Crippen molar-refractivity contribution in [1.82, 2.24) is 9.13 Å². The monoisotopic (exact) mass is 261 g/mol. The summed E-state index contributed by atoms with van der Waals surface area (Å²) in [5.74, 6) is -1.09. The van der Waals surface area contributed by atoms with Crippen LogP contribution in [0.25, 0.3) is 0 Å². The molecule has 2 rings (SSSR count). The number of aromatic nitrogens is 2. The molecule has 0 unspecified atom stereocenters. The fraction of sp³-hybridized carbons (Fsp3) is 0.231. The van der Waals surface area contributed by atoms with Crippen LogP contribution in [0.4, 0.5) is 5.69 Å². The summed E-state index contributed by atoms with van der Waals surface area (Å²) in [5.41, 5.74) is 6.28. The Balaban J connectivity index is 2.44. The lowest BCUT2D eigenvalue weighted by molar-refractivity contribution is 0.0696. The average Bonchev–Trinajstić information content (AvgIpc) is 2.70. The molecule has 1 aromatic heterocycles. The maximum Gasteiger partial charge on any atom is 0.338 e. The first-order valence-corrected chi connectivity index (χ1v) is 5.90. The number of nitrogens with two attached hydrogens (primary N) is 1. The molecule has 0 fully saturated rings. The average molecular weight is 261 g/mol. The Labute approximate surface area is 109 Å². The molecule has 2 aromatic rings. The molecule has 0 saturated carbocycles. The Morgan fingerprint density at radius 2 is 2.00 bits per heavy atom. The highest BCUT2D eigenvalue weighted by molar-refractivity contribution is 5.95. The number of nitrogen functional groups attached to an aromatic ring is 1. The minimum absolute atomic E-state index is 0.0543. The van der Waals surface area contributed by atoms with Crippen LogP contribution in [0.5, 0.6) is 0 Å². The molecule has 0 amide bonds. The molecular weight excluding hydrogens is 246 g/mol. The summed E-state index contributed by atoms with van der Waals surface area (Å²) in [6.07, 6.45) is 3.32. The van der Waals surface area contributed by atoms with Crippen LogP contribution in [0.1, 0.15) is 22.8 Å². The predicted molar refractivity (Wildman–Crippen MR) is 71.3 cm³/mol. The van der Waals surface area contributed by atoms with E-state index < -0.39 is 5.97 Å². The zero-order valence-corrected chi connectivity index (χ0v) is 10.5. The van der Waals surface area contributed by atoms with Crippen LogP contribution in [0.15, 0.2) is 35.4 Å². The van der Waals surface area contributed by atoms with Crippen molar-refractivity contribution < 1.29 is 9.90 Å². The molecule has 0 bridgehead atoms. The van der Waals surface area contributed by atoms with E-state index in [2.05, 4.69) is 0 Å². The SMILES string of the molecule is CCn1ccn(Cc2cccc(N)c2C(=O)O)c1=O. The largest absolute Gasteiger partial charge is 0.478 e. The van der Waals surface area contributed by atoms with Gasteiger partial charge in [0.1, 0.15) is 0 Å². The standard InChI is InChI=1S/C13H15N3O3/c1-2-15-6-7-16(13(15)19)8-9-4-3-5-10(14)11(9)12(17)18/h3-7H,2,8,14H2,1H3,(H,17,18). The van der Waals surface area contributed by atoms with Gasteiger partial charge in [-0.25, -0.2) is 9.59 Å².